The van der Waals surface area contributed by atoms with Gasteiger partial charge in [-0.15, -0.1) is 0 Å². The summed E-state index contributed by atoms with van der Waals surface area (Å²) in [5, 5.41) is 2.50. The van der Waals surface area contributed by atoms with Crippen molar-refractivity contribution in [2.45, 2.75) is 25.3 Å². The molecule has 0 bridgehead atoms. The standard InChI is InChI=1S/C18H18F2N2O2/c19-14-8-7-13(15(20)11-14)10-17(23)22-16(18(21)24)9-6-12-4-2-1-3-5-12/h1-5,7-8,11,16H,6,9-10H2,(H2,21,24)(H,22,23)/t16-/m0/s1. The van der Waals surface area contributed by atoms with E-state index >= 15 is 0 Å². The lowest BCUT2D eigenvalue weighted by molar-refractivity contribution is -0.127. The molecule has 0 saturated carbocycles. The van der Waals surface area contributed by atoms with E-state index in [0.29, 0.717) is 18.9 Å². The molecule has 2 amide bonds. The highest BCUT2D eigenvalue weighted by Gasteiger charge is 2.19. The zero-order valence-corrected chi connectivity index (χ0v) is 13.0. The third-order valence-electron chi connectivity index (χ3n) is 3.61. The molecule has 0 aliphatic heterocycles. The van der Waals surface area contributed by atoms with Gasteiger partial charge in [0.15, 0.2) is 0 Å². The minimum atomic E-state index is -0.846. The zero-order valence-electron chi connectivity index (χ0n) is 13.0. The van der Waals surface area contributed by atoms with Gasteiger partial charge in [0.05, 0.1) is 6.42 Å². The van der Waals surface area contributed by atoms with Crippen LogP contribution in [0.1, 0.15) is 17.5 Å². The Morgan fingerprint density at radius 1 is 1.08 bits per heavy atom. The zero-order chi connectivity index (χ0) is 17.5. The number of carbonyl (C=O) groups is 2. The Balaban J connectivity index is 1.94. The molecule has 3 N–H and O–H groups in total. The number of halogens is 2. The topological polar surface area (TPSA) is 72.2 Å². The van der Waals surface area contributed by atoms with E-state index in [4.69, 9.17) is 5.73 Å². The van der Waals surface area contributed by atoms with E-state index in [2.05, 4.69) is 5.32 Å². The van der Waals surface area contributed by atoms with Crippen LogP contribution in [-0.4, -0.2) is 17.9 Å². The van der Waals surface area contributed by atoms with E-state index in [1.165, 1.54) is 6.07 Å². The van der Waals surface area contributed by atoms with Crippen molar-refractivity contribution in [3.8, 4) is 0 Å². The van der Waals surface area contributed by atoms with E-state index in [0.717, 1.165) is 11.6 Å². The highest BCUT2D eigenvalue weighted by Crippen LogP contribution is 2.11. The average molecular weight is 332 g/mol. The van der Waals surface area contributed by atoms with Crippen LogP contribution >= 0.6 is 0 Å². The van der Waals surface area contributed by atoms with Crippen molar-refractivity contribution in [1.82, 2.24) is 5.32 Å². The van der Waals surface area contributed by atoms with Gasteiger partial charge in [0.2, 0.25) is 11.8 Å². The smallest absolute Gasteiger partial charge is 0.240 e. The number of primary amides is 1. The van der Waals surface area contributed by atoms with Crippen LogP contribution in [0.4, 0.5) is 8.78 Å². The molecule has 0 saturated heterocycles. The fraction of sp³-hybridized carbons (Fsp3) is 0.222. The molecule has 0 heterocycles. The first-order valence-corrected chi connectivity index (χ1v) is 7.52. The number of carbonyl (C=O) groups excluding carboxylic acids is 2. The fourth-order valence-corrected chi connectivity index (χ4v) is 2.32. The van der Waals surface area contributed by atoms with E-state index < -0.39 is 29.5 Å². The molecule has 0 aromatic heterocycles. The van der Waals surface area contributed by atoms with Gasteiger partial charge in [-0.2, -0.15) is 0 Å². The maximum absolute atomic E-state index is 13.6. The van der Waals surface area contributed by atoms with E-state index in [-0.39, 0.29) is 12.0 Å². The van der Waals surface area contributed by atoms with Crippen molar-refractivity contribution >= 4 is 11.8 Å². The maximum atomic E-state index is 13.6. The quantitative estimate of drug-likeness (QED) is 0.815. The molecule has 2 rings (SSSR count). The van der Waals surface area contributed by atoms with Gasteiger partial charge in [-0.1, -0.05) is 36.4 Å². The summed E-state index contributed by atoms with van der Waals surface area (Å²) in [7, 11) is 0. The lowest BCUT2D eigenvalue weighted by Gasteiger charge is -2.15. The lowest BCUT2D eigenvalue weighted by Crippen LogP contribution is -2.45. The number of nitrogens with two attached hydrogens (primary N) is 1. The molecule has 2 aromatic carbocycles. The van der Waals surface area contributed by atoms with Crippen LogP contribution in [-0.2, 0) is 22.4 Å². The number of nitrogens with one attached hydrogen (secondary N) is 1. The van der Waals surface area contributed by atoms with Gasteiger partial charge in [0.25, 0.3) is 0 Å². The summed E-state index contributed by atoms with van der Waals surface area (Å²) in [6, 6.07) is 11.6. The summed E-state index contributed by atoms with van der Waals surface area (Å²) in [5.74, 6) is -2.71. The largest absolute Gasteiger partial charge is 0.368 e. The Bertz CT molecular complexity index is 720. The maximum Gasteiger partial charge on any atom is 0.240 e. The Morgan fingerprint density at radius 3 is 2.42 bits per heavy atom. The molecule has 2 aromatic rings. The highest BCUT2D eigenvalue weighted by molar-refractivity contribution is 5.87. The Labute approximate surface area is 138 Å². The number of rotatable bonds is 7. The molecule has 126 valence electrons. The van der Waals surface area contributed by atoms with Crippen LogP contribution in [0.15, 0.2) is 48.5 Å². The van der Waals surface area contributed by atoms with E-state index in [9.17, 15) is 18.4 Å². The Kier molecular flexibility index (Phi) is 6.01. The summed E-state index contributed by atoms with van der Waals surface area (Å²) in [5.41, 5.74) is 6.39. The molecule has 0 unspecified atom stereocenters. The van der Waals surface area contributed by atoms with Gasteiger partial charge >= 0.3 is 0 Å². The predicted octanol–water partition coefficient (Wildman–Crippen LogP) is 2.11. The van der Waals surface area contributed by atoms with Crippen LogP contribution in [0.25, 0.3) is 0 Å². The highest BCUT2D eigenvalue weighted by atomic mass is 19.1. The first-order valence-electron chi connectivity index (χ1n) is 7.52. The minimum absolute atomic E-state index is 0.0557. The van der Waals surface area contributed by atoms with Crippen molar-refractivity contribution in [2.24, 2.45) is 5.73 Å². The lowest BCUT2D eigenvalue weighted by atomic mass is 10.0. The van der Waals surface area contributed by atoms with Gasteiger partial charge in [-0.3, -0.25) is 9.59 Å². The van der Waals surface area contributed by atoms with Gasteiger partial charge < -0.3 is 11.1 Å². The number of hydrogen-bond donors (Lipinski definition) is 2. The first-order chi connectivity index (χ1) is 11.5. The summed E-state index contributed by atoms with van der Waals surface area (Å²) < 4.78 is 26.4. The summed E-state index contributed by atoms with van der Waals surface area (Å²) >= 11 is 0. The molecule has 24 heavy (non-hydrogen) atoms. The first kappa shape index (κ1) is 17.6. The van der Waals surface area contributed by atoms with Crippen LogP contribution in [0.5, 0.6) is 0 Å². The van der Waals surface area contributed by atoms with E-state index in [1.807, 2.05) is 30.3 Å². The number of amides is 2. The average Bonchev–Trinajstić information content (AvgIpc) is 2.55. The number of hydrogen-bond acceptors (Lipinski definition) is 2. The Morgan fingerprint density at radius 2 is 1.79 bits per heavy atom. The van der Waals surface area contributed by atoms with Crippen LogP contribution in [0.2, 0.25) is 0 Å². The summed E-state index contributed by atoms with van der Waals surface area (Å²) in [4.78, 5) is 23.5. The molecule has 4 nitrogen and oxygen atoms in total. The van der Waals surface area contributed by atoms with Gasteiger partial charge in [0, 0.05) is 6.07 Å². The van der Waals surface area contributed by atoms with Crippen molar-refractivity contribution in [1.29, 1.82) is 0 Å². The molecular weight excluding hydrogens is 314 g/mol. The van der Waals surface area contributed by atoms with Crippen molar-refractivity contribution < 1.29 is 18.4 Å². The summed E-state index contributed by atoms with van der Waals surface area (Å²) in [6.45, 7) is 0. The van der Waals surface area contributed by atoms with E-state index in [1.54, 1.807) is 0 Å². The Hall–Kier alpha value is -2.76. The molecule has 0 radical (unpaired) electrons. The normalized spacial score (nSPS) is 11.8. The molecule has 6 heteroatoms. The number of benzene rings is 2. The van der Waals surface area contributed by atoms with Gasteiger partial charge in [-0.05, 0) is 30.0 Å². The minimum Gasteiger partial charge on any atom is -0.368 e. The second-order valence-electron chi connectivity index (χ2n) is 5.46. The van der Waals surface area contributed by atoms with Gasteiger partial charge in [-0.25, -0.2) is 8.78 Å². The van der Waals surface area contributed by atoms with Crippen molar-refractivity contribution in [3.63, 3.8) is 0 Å². The molecule has 0 spiro atoms. The molecule has 0 aliphatic rings. The SMILES string of the molecule is NC(=O)[C@H](CCc1ccccc1)NC(=O)Cc1ccc(F)cc1F. The van der Waals surface area contributed by atoms with Crippen molar-refractivity contribution in [3.05, 3.63) is 71.3 Å². The second-order valence-corrected chi connectivity index (χ2v) is 5.46. The predicted molar refractivity (Wildman–Crippen MR) is 86.0 cm³/mol. The fourth-order valence-electron chi connectivity index (χ4n) is 2.32. The third-order valence-corrected chi connectivity index (χ3v) is 3.61. The van der Waals surface area contributed by atoms with Crippen molar-refractivity contribution in [2.75, 3.05) is 0 Å². The molecule has 0 aliphatic carbocycles. The van der Waals surface area contributed by atoms with Crippen LogP contribution < -0.4 is 11.1 Å². The van der Waals surface area contributed by atoms with Gasteiger partial charge in [0.1, 0.15) is 17.7 Å². The third kappa shape index (κ3) is 5.15. The second kappa shape index (κ2) is 8.19. The van der Waals surface area contributed by atoms with Crippen LogP contribution in [0.3, 0.4) is 0 Å². The monoisotopic (exact) mass is 332 g/mol. The van der Waals surface area contributed by atoms with Crippen LogP contribution in [0, 0.1) is 11.6 Å². The molecular formula is C18H18F2N2O2. The molecule has 1 atom stereocenters. The molecule has 0 fully saturated rings. The number of aryl methyl sites for hydroxylation is 1. The summed E-state index contributed by atoms with van der Waals surface area (Å²) in [6.07, 6.45) is 0.623.